The molecule has 4 nitrogen and oxygen atoms in total. The molecule has 0 saturated carbocycles. The maximum Gasteiger partial charge on any atom is 0.245 e. The Balaban J connectivity index is 3.38. The second-order valence-electron chi connectivity index (χ2n) is 2.87. The number of nitrogens with one attached hydrogen (secondary N) is 1. The fourth-order valence-electron chi connectivity index (χ4n) is 0.518. The van der Waals surface area contributed by atoms with Gasteiger partial charge in [-0.1, -0.05) is 0 Å². The quantitative estimate of drug-likeness (QED) is 0.576. The normalized spacial score (nSPS) is 13.2. The molecule has 0 saturated heterocycles. The van der Waals surface area contributed by atoms with Gasteiger partial charge in [-0.15, -0.1) is 0 Å². The van der Waals surface area contributed by atoms with Gasteiger partial charge in [0.05, 0.1) is 6.10 Å². The van der Waals surface area contributed by atoms with Crippen LogP contribution in [0.1, 0.15) is 27.2 Å². The van der Waals surface area contributed by atoms with Crippen molar-refractivity contribution in [1.29, 1.82) is 0 Å². The summed E-state index contributed by atoms with van der Waals surface area (Å²) in [5, 5.41) is 0. The molecule has 0 aromatic carbocycles. The highest BCUT2D eigenvalue weighted by Crippen LogP contribution is 1.87. The lowest BCUT2D eigenvalue weighted by atomic mass is 10.2. The fourth-order valence-corrected chi connectivity index (χ4v) is 0.518. The SMILES string of the molecule is CC(N)CC(=O)NOC(C)C. The van der Waals surface area contributed by atoms with Gasteiger partial charge in [-0.25, -0.2) is 5.48 Å². The maximum absolute atomic E-state index is 10.8. The summed E-state index contributed by atoms with van der Waals surface area (Å²) < 4.78 is 0. The van der Waals surface area contributed by atoms with Crippen molar-refractivity contribution in [3.05, 3.63) is 0 Å². The highest BCUT2D eigenvalue weighted by atomic mass is 16.7. The molecular weight excluding hydrogens is 144 g/mol. The summed E-state index contributed by atoms with van der Waals surface area (Å²) in [7, 11) is 0. The molecule has 0 heterocycles. The highest BCUT2D eigenvalue weighted by Gasteiger charge is 2.04. The van der Waals surface area contributed by atoms with Gasteiger partial charge in [0, 0.05) is 12.5 Å². The zero-order chi connectivity index (χ0) is 8.85. The monoisotopic (exact) mass is 160 g/mol. The van der Waals surface area contributed by atoms with Gasteiger partial charge in [-0.05, 0) is 20.8 Å². The van der Waals surface area contributed by atoms with E-state index >= 15 is 0 Å². The highest BCUT2D eigenvalue weighted by molar-refractivity contribution is 5.75. The molecule has 4 heteroatoms. The maximum atomic E-state index is 10.8. The molecule has 0 aliphatic carbocycles. The van der Waals surface area contributed by atoms with Gasteiger partial charge in [0.2, 0.25) is 5.91 Å². The minimum absolute atomic E-state index is 0.00651. The van der Waals surface area contributed by atoms with E-state index in [4.69, 9.17) is 10.6 Å². The molecule has 1 atom stereocenters. The largest absolute Gasteiger partial charge is 0.327 e. The van der Waals surface area contributed by atoms with E-state index in [0.29, 0.717) is 6.42 Å². The van der Waals surface area contributed by atoms with Crippen LogP contribution in [0.4, 0.5) is 0 Å². The number of carbonyl (C=O) groups is 1. The Hall–Kier alpha value is -0.610. The van der Waals surface area contributed by atoms with Crippen LogP contribution < -0.4 is 11.2 Å². The topological polar surface area (TPSA) is 64.4 Å². The number of hydroxylamine groups is 1. The predicted molar refractivity (Wildman–Crippen MR) is 42.6 cm³/mol. The van der Waals surface area contributed by atoms with Crippen LogP contribution in [0.3, 0.4) is 0 Å². The Morgan fingerprint density at radius 3 is 2.45 bits per heavy atom. The Morgan fingerprint density at radius 1 is 1.55 bits per heavy atom. The van der Waals surface area contributed by atoms with E-state index < -0.39 is 0 Å². The summed E-state index contributed by atoms with van der Waals surface area (Å²) in [6.07, 6.45) is 0.305. The number of rotatable bonds is 4. The van der Waals surface area contributed by atoms with E-state index in [1.54, 1.807) is 6.92 Å². The van der Waals surface area contributed by atoms with Gasteiger partial charge in [0.1, 0.15) is 0 Å². The molecule has 0 bridgehead atoms. The molecule has 3 N–H and O–H groups in total. The average Bonchev–Trinajstić information content (AvgIpc) is 1.82. The smallest absolute Gasteiger partial charge is 0.245 e. The third kappa shape index (κ3) is 7.29. The second-order valence-corrected chi connectivity index (χ2v) is 2.87. The lowest BCUT2D eigenvalue weighted by molar-refractivity contribution is -0.137. The first-order chi connectivity index (χ1) is 5.02. The molecule has 0 aliphatic rings. The molecule has 0 fully saturated rings. The van der Waals surface area contributed by atoms with Crippen molar-refractivity contribution in [3.8, 4) is 0 Å². The number of carbonyl (C=O) groups excluding carboxylic acids is 1. The van der Waals surface area contributed by atoms with E-state index in [1.807, 2.05) is 13.8 Å². The minimum atomic E-state index is -0.173. The van der Waals surface area contributed by atoms with Crippen LogP contribution in [-0.2, 0) is 9.63 Å². The van der Waals surface area contributed by atoms with Crippen LogP contribution in [0.15, 0.2) is 0 Å². The van der Waals surface area contributed by atoms with Crippen LogP contribution in [0.2, 0.25) is 0 Å². The standard InChI is InChI=1S/C7H16N2O2/c1-5(2)11-9-7(10)4-6(3)8/h5-6H,4,8H2,1-3H3,(H,9,10). The van der Waals surface area contributed by atoms with E-state index in [9.17, 15) is 4.79 Å². The lowest BCUT2D eigenvalue weighted by Crippen LogP contribution is -2.31. The lowest BCUT2D eigenvalue weighted by Gasteiger charge is -2.09. The van der Waals surface area contributed by atoms with E-state index in [2.05, 4.69) is 5.48 Å². The van der Waals surface area contributed by atoms with Gasteiger partial charge in [0.25, 0.3) is 0 Å². The number of hydrogen-bond acceptors (Lipinski definition) is 3. The van der Waals surface area contributed by atoms with Crippen molar-refractivity contribution in [2.45, 2.75) is 39.3 Å². The molecule has 0 rings (SSSR count). The molecule has 0 aliphatic heterocycles. The van der Waals surface area contributed by atoms with E-state index in [-0.39, 0.29) is 18.1 Å². The Bertz CT molecular complexity index is 124. The summed E-state index contributed by atoms with van der Waals surface area (Å²) in [5.74, 6) is -0.173. The van der Waals surface area contributed by atoms with Crippen molar-refractivity contribution >= 4 is 5.91 Å². The number of nitrogens with two attached hydrogens (primary N) is 1. The minimum Gasteiger partial charge on any atom is -0.327 e. The molecule has 0 spiro atoms. The Labute approximate surface area is 67.0 Å². The third-order valence-electron chi connectivity index (χ3n) is 0.916. The molecule has 1 unspecified atom stereocenters. The van der Waals surface area contributed by atoms with Crippen LogP contribution in [0.25, 0.3) is 0 Å². The summed E-state index contributed by atoms with van der Waals surface area (Å²) in [6, 6.07) is -0.120. The number of hydrogen-bond donors (Lipinski definition) is 2. The van der Waals surface area contributed by atoms with Crippen molar-refractivity contribution in [2.75, 3.05) is 0 Å². The summed E-state index contributed by atoms with van der Waals surface area (Å²) in [4.78, 5) is 15.7. The van der Waals surface area contributed by atoms with Crippen molar-refractivity contribution in [1.82, 2.24) is 5.48 Å². The summed E-state index contributed by atoms with van der Waals surface area (Å²) >= 11 is 0. The summed E-state index contributed by atoms with van der Waals surface area (Å²) in [6.45, 7) is 5.45. The van der Waals surface area contributed by atoms with Crippen molar-refractivity contribution in [3.63, 3.8) is 0 Å². The number of amides is 1. The van der Waals surface area contributed by atoms with Gasteiger partial charge >= 0.3 is 0 Å². The molecular formula is C7H16N2O2. The van der Waals surface area contributed by atoms with Gasteiger partial charge < -0.3 is 5.73 Å². The van der Waals surface area contributed by atoms with Crippen molar-refractivity contribution in [2.24, 2.45) is 5.73 Å². The third-order valence-corrected chi connectivity index (χ3v) is 0.916. The Kier molecular flexibility index (Phi) is 4.81. The average molecular weight is 160 g/mol. The first-order valence-electron chi connectivity index (χ1n) is 3.72. The van der Waals surface area contributed by atoms with Crippen LogP contribution in [0, 0.1) is 0 Å². The first-order valence-corrected chi connectivity index (χ1v) is 3.72. The van der Waals surface area contributed by atoms with Crippen LogP contribution in [0.5, 0.6) is 0 Å². The molecule has 66 valence electrons. The molecule has 0 aromatic heterocycles. The van der Waals surface area contributed by atoms with Crippen LogP contribution in [-0.4, -0.2) is 18.1 Å². The molecule has 0 aromatic rings. The zero-order valence-corrected chi connectivity index (χ0v) is 7.26. The van der Waals surface area contributed by atoms with E-state index in [1.165, 1.54) is 0 Å². The van der Waals surface area contributed by atoms with Gasteiger partial charge in [-0.3, -0.25) is 9.63 Å². The van der Waals surface area contributed by atoms with Crippen molar-refractivity contribution < 1.29 is 9.63 Å². The first kappa shape index (κ1) is 10.4. The molecule has 0 radical (unpaired) electrons. The van der Waals surface area contributed by atoms with E-state index in [0.717, 1.165) is 0 Å². The summed E-state index contributed by atoms with van der Waals surface area (Å²) in [5.41, 5.74) is 7.68. The predicted octanol–water partition coefficient (Wildman–Crippen LogP) is 0.180. The second kappa shape index (κ2) is 5.09. The zero-order valence-electron chi connectivity index (χ0n) is 7.26. The molecule has 1 amide bonds. The van der Waals surface area contributed by atoms with Gasteiger partial charge in [-0.2, -0.15) is 0 Å². The molecule has 11 heavy (non-hydrogen) atoms. The Morgan fingerprint density at radius 2 is 2.09 bits per heavy atom. The fraction of sp³-hybridized carbons (Fsp3) is 0.857. The van der Waals surface area contributed by atoms with Crippen LogP contribution >= 0.6 is 0 Å². The van der Waals surface area contributed by atoms with Gasteiger partial charge in [0.15, 0.2) is 0 Å².